The standard InChI is InChI=1S/C25H29N7O3.2H2S/c1-30-21-10-16(6-7-18(21)13-24(30)35)11-23(34)31(2)22(15-32-9-8-20(33)14-32)17-4-3-5-19(12-17)25-26-28-29-27-25;;/h3-7,10,12,20,22,33H,8-9,11,13-15H2,1-2H3,(H,26,27,28,29);2*1H2/t20-,22+;;/m0../s1. The fourth-order valence-corrected chi connectivity index (χ4v) is 4.91. The molecule has 0 aliphatic carbocycles. The first kappa shape index (κ1) is 28.6. The Morgan fingerprint density at radius 2 is 2.05 bits per heavy atom. The van der Waals surface area contributed by atoms with Crippen LogP contribution in [-0.4, -0.2) is 87.2 Å². The summed E-state index contributed by atoms with van der Waals surface area (Å²) in [5, 5.41) is 24.3. The van der Waals surface area contributed by atoms with Gasteiger partial charge < -0.3 is 14.9 Å². The number of aliphatic hydroxyl groups is 1. The van der Waals surface area contributed by atoms with E-state index in [1.54, 1.807) is 16.8 Å². The van der Waals surface area contributed by atoms with Gasteiger partial charge in [-0.15, -0.1) is 10.2 Å². The van der Waals surface area contributed by atoms with Crippen LogP contribution in [0.5, 0.6) is 0 Å². The first-order valence-corrected chi connectivity index (χ1v) is 11.8. The van der Waals surface area contributed by atoms with Gasteiger partial charge in [0.15, 0.2) is 0 Å². The first-order chi connectivity index (χ1) is 16.9. The Morgan fingerprint density at radius 1 is 1.24 bits per heavy atom. The number of aromatic amines is 1. The Morgan fingerprint density at radius 3 is 2.76 bits per heavy atom. The van der Waals surface area contributed by atoms with E-state index in [1.807, 2.05) is 49.5 Å². The van der Waals surface area contributed by atoms with E-state index in [0.717, 1.165) is 40.9 Å². The fraction of sp³-hybridized carbons (Fsp3) is 0.400. The number of hydrogen-bond acceptors (Lipinski definition) is 7. The average Bonchev–Trinajstić information content (AvgIpc) is 3.59. The average molecular weight is 544 g/mol. The van der Waals surface area contributed by atoms with Crippen molar-refractivity contribution in [1.82, 2.24) is 30.4 Å². The van der Waals surface area contributed by atoms with E-state index in [9.17, 15) is 14.7 Å². The van der Waals surface area contributed by atoms with Crippen LogP contribution in [0, 0.1) is 0 Å². The molecule has 0 saturated carbocycles. The summed E-state index contributed by atoms with van der Waals surface area (Å²) in [6, 6.07) is 13.4. The zero-order chi connectivity index (χ0) is 24.5. The third-order valence-electron chi connectivity index (χ3n) is 7.00. The Hall–Kier alpha value is -2.93. The van der Waals surface area contributed by atoms with Crippen molar-refractivity contribution in [3.8, 4) is 11.4 Å². The molecule has 37 heavy (non-hydrogen) atoms. The molecule has 2 aliphatic rings. The van der Waals surface area contributed by atoms with Crippen LogP contribution in [0.25, 0.3) is 11.4 Å². The highest BCUT2D eigenvalue weighted by Gasteiger charge is 2.29. The number of β-amino-alcohol motifs (C(OH)–C–C–N with tert-alkyl or cyclic N) is 1. The van der Waals surface area contributed by atoms with Gasteiger partial charge in [0.1, 0.15) is 0 Å². The molecular formula is C25H33N7O3S2. The number of nitrogens with one attached hydrogen (secondary N) is 1. The highest BCUT2D eigenvalue weighted by molar-refractivity contribution is 7.59. The maximum Gasteiger partial charge on any atom is 0.231 e. The van der Waals surface area contributed by atoms with Crippen molar-refractivity contribution in [2.24, 2.45) is 0 Å². The molecule has 198 valence electrons. The zero-order valence-corrected chi connectivity index (χ0v) is 22.9. The number of fused-ring (bicyclic) bond motifs is 1. The van der Waals surface area contributed by atoms with E-state index < -0.39 is 0 Å². The second-order valence-corrected chi connectivity index (χ2v) is 9.35. The second kappa shape index (κ2) is 12.1. The maximum atomic E-state index is 13.5. The summed E-state index contributed by atoms with van der Waals surface area (Å²) in [5.41, 5.74) is 4.51. The minimum Gasteiger partial charge on any atom is -0.392 e. The normalized spacial score (nSPS) is 17.6. The zero-order valence-electron chi connectivity index (χ0n) is 20.9. The summed E-state index contributed by atoms with van der Waals surface area (Å²) in [6.07, 6.45) is 1.03. The minimum absolute atomic E-state index is 0. The Bertz CT molecular complexity index is 1240. The molecular weight excluding hydrogens is 510 g/mol. The largest absolute Gasteiger partial charge is 0.392 e. The molecule has 1 saturated heterocycles. The fourth-order valence-electron chi connectivity index (χ4n) is 4.91. The van der Waals surface area contributed by atoms with Gasteiger partial charge in [-0.05, 0) is 40.5 Å². The van der Waals surface area contributed by atoms with Gasteiger partial charge in [-0.3, -0.25) is 14.5 Å². The van der Waals surface area contributed by atoms with Gasteiger partial charge in [-0.2, -0.15) is 32.2 Å². The van der Waals surface area contributed by atoms with E-state index in [4.69, 9.17) is 0 Å². The number of amides is 2. The number of H-pyrrole nitrogens is 1. The second-order valence-electron chi connectivity index (χ2n) is 9.35. The number of aromatic nitrogens is 4. The molecule has 5 rings (SSSR count). The van der Waals surface area contributed by atoms with Gasteiger partial charge in [-0.25, -0.2) is 0 Å². The topological polar surface area (TPSA) is 119 Å². The molecule has 12 heteroatoms. The lowest BCUT2D eigenvalue weighted by atomic mass is 10.0. The van der Waals surface area contributed by atoms with Crippen LogP contribution in [0.15, 0.2) is 42.5 Å². The summed E-state index contributed by atoms with van der Waals surface area (Å²) in [5.74, 6) is 0.537. The monoisotopic (exact) mass is 543 g/mol. The Kier molecular flexibility index (Phi) is 9.35. The number of likely N-dealkylation sites (tertiary alicyclic amines) is 1. The Balaban J connectivity index is 0.00000190. The van der Waals surface area contributed by atoms with Gasteiger partial charge in [0.05, 0.1) is 25.0 Å². The third-order valence-corrected chi connectivity index (χ3v) is 7.00. The molecule has 0 radical (unpaired) electrons. The molecule has 2 aromatic carbocycles. The van der Waals surface area contributed by atoms with Crippen LogP contribution < -0.4 is 4.90 Å². The van der Waals surface area contributed by atoms with Crippen molar-refractivity contribution in [2.75, 3.05) is 38.6 Å². The molecule has 2 atom stereocenters. The molecule has 3 aromatic rings. The highest BCUT2D eigenvalue weighted by Crippen LogP contribution is 2.30. The van der Waals surface area contributed by atoms with Crippen molar-refractivity contribution >= 4 is 44.5 Å². The Labute approximate surface area is 229 Å². The van der Waals surface area contributed by atoms with Crippen molar-refractivity contribution in [2.45, 2.75) is 31.4 Å². The number of nitrogens with zero attached hydrogens (tertiary/aromatic N) is 6. The number of benzene rings is 2. The summed E-state index contributed by atoms with van der Waals surface area (Å²) >= 11 is 0. The van der Waals surface area contributed by atoms with Crippen molar-refractivity contribution in [3.05, 3.63) is 59.2 Å². The van der Waals surface area contributed by atoms with Gasteiger partial charge >= 0.3 is 0 Å². The lowest BCUT2D eigenvalue weighted by molar-refractivity contribution is -0.131. The number of carbonyl (C=O) groups excluding carboxylic acids is 2. The van der Waals surface area contributed by atoms with Crippen LogP contribution in [0.4, 0.5) is 5.69 Å². The number of likely N-dealkylation sites (N-methyl/N-ethyl adjacent to an activating group) is 2. The number of tetrazole rings is 1. The van der Waals surface area contributed by atoms with Crippen molar-refractivity contribution < 1.29 is 14.7 Å². The molecule has 1 fully saturated rings. The smallest absolute Gasteiger partial charge is 0.231 e. The van der Waals surface area contributed by atoms with E-state index in [1.165, 1.54) is 0 Å². The quantitative estimate of drug-likeness (QED) is 0.463. The van der Waals surface area contributed by atoms with Gasteiger partial charge in [0.25, 0.3) is 0 Å². The summed E-state index contributed by atoms with van der Waals surface area (Å²) < 4.78 is 0. The van der Waals surface area contributed by atoms with E-state index in [-0.39, 0.29) is 57.4 Å². The predicted molar refractivity (Wildman–Crippen MR) is 150 cm³/mol. The molecule has 1 aromatic heterocycles. The number of anilines is 1. The lowest BCUT2D eigenvalue weighted by Crippen LogP contribution is -2.39. The maximum absolute atomic E-state index is 13.5. The first-order valence-electron chi connectivity index (χ1n) is 11.8. The van der Waals surface area contributed by atoms with Gasteiger partial charge in [0, 0.05) is 45.0 Å². The number of hydrogen-bond donors (Lipinski definition) is 2. The lowest BCUT2D eigenvalue weighted by Gasteiger charge is -2.32. The molecule has 0 unspecified atom stereocenters. The summed E-state index contributed by atoms with van der Waals surface area (Å²) in [7, 11) is 3.59. The molecule has 2 amide bonds. The molecule has 2 aliphatic heterocycles. The van der Waals surface area contributed by atoms with E-state index in [2.05, 4.69) is 25.5 Å². The number of carbonyl (C=O) groups is 2. The molecule has 2 N–H and O–H groups in total. The molecule has 3 heterocycles. The number of rotatable bonds is 7. The summed E-state index contributed by atoms with van der Waals surface area (Å²) in [6.45, 7) is 1.99. The summed E-state index contributed by atoms with van der Waals surface area (Å²) in [4.78, 5) is 31.1. The van der Waals surface area contributed by atoms with Crippen LogP contribution in [-0.2, 0) is 22.4 Å². The van der Waals surface area contributed by atoms with E-state index >= 15 is 0 Å². The van der Waals surface area contributed by atoms with Crippen LogP contribution in [0.2, 0.25) is 0 Å². The highest BCUT2D eigenvalue weighted by atomic mass is 32.1. The van der Waals surface area contributed by atoms with Crippen LogP contribution >= 0.6 is 27.0 Å². The SMILES string of the molecule is CN1C(=O)Cc2ccc(CC(=O)N(C)[C@H](CN3CC[C@H](O)C3)c3cccc(-c4nn[nH]n4)c3)cc21.S.S. The molecule has 0 bridgehead atoms. The van der Waals surface area contributed by atoms with Gasteiger partial charge in [-0.1, -0.05) is 30.3 Å². The third kappa shape index (κ3) is 6.15. The predicted octanol–water partition coefficient (Wildman–Crippen LogP) is 1.42. The molecule has 10 nitrogen and oxygen atoms in total. The van der Waals surface area contributed by atoms with Crippen molar-refractivity contribution in [1.29, 1.82) is 0 Å². The molecule has 0 spiro atoms. The number of aliphatic hydroxyl groups excluding tert-OH is 1. The van der Waals surface area contributed by atoms with Gasteiger partial charge in [0.2, 0.25) is 17.6 Å². The van der Waals surface area contributed by atoms with Crippen LogP contribution in [0.3, 0.4) is 0 Å². The van der Waals surface area contributed by atoms with E-state index in [0.29, 0.717) is 25.3 Å². The van der Waals surface area contributed by atoms with Crippen LogP contribution in [0.1, 0.15) is 29.2 Å². The minimum atomic E-state index is -0.339. The van der Waals surface area contributed by atoms with Crippen molar-refractivity contribution in [3.63, 3.8) is 0 Å².